The zero-order valence-electron chi connectivity index (χ0n) is 15.6. The molecular formula is C23H25NO2. The Morgan fingerprint density at radius 2 is 1.65 bits per heavy atom. The second-order valence-corrected chi connectivity index (χ2v) is 7.13. The van der Waals surface area contributed by atoms with Crippen molar-refractivity contribution >= 4 is 6.09 Å². The molecule has 0 aromatic heterocycles. The average molecular weight is 347 g/mol. The van der Waals surface area contributed by atoms with Crippen molar-refractivity contribution in [1.29, 1.82) is 0 Å². The molecule has 0 aliphatic heterocycles. The van der Waals surface area contributed by atoms with Crippen molar-refractivity contribution in [2.75, 3.05) is 0 Å². The Morgan fingerprint density at radius 3 is 2.27 bits per heavy atom. The second-order valence-electron chi connectivity index (χ2n) is 7.13. The van der Waals surface area contributed by atoms with E-state index < -0.39 is 6.09 Å². The molecule has 1 amide bonds. The normalized spacial score (nSPS) is 19.7. The van der Waals surface area contributed by atoms with Crippen molar-refractivity contribution in [2.45, 2.75) is 39.2 Å². The summed E-state index contributed by atoms with van der Waals surface area (Å²) in [5.74, 6) is 0. The van der Waals surface area contributed by atoms with E-state index in [0.29, 0.717) is 0 Å². The standard InChI is InChI=1S/C23H25NO2/c1-17-14-23(3,20-12-8-5-9-13-20)15-18(2)21(17)24-22(25)26-16-19-10-6-4-7-11-19/h4-14H,15-16H2,1-3H3,(H,24,25). The molecule has 1 N–H and O–H groups in total. The van der Waals surface area contributed by atoms with Gasteiger partial charge in [0.2, 0.25) is 0 Å². The van der Waals surface area contributed by atoms with Crippen molar-refractivity contribution in [2.24, 2.45) is 0 Å². The lowest BCUT2D eigenvalue weighted by molar-refractivity contribution is 0.142. The third-order valence-electron chi connectivity index (χ3n) is 4.86. The number of carbonyl (C=O) groups excluding carboxylic acids is 1. The molecule has 0 bridgehead atoms. The highest BCUT2D eigenvalue weighted by molar-refractivity contribution is 5.71. The number of hydrogen-bond acceptors (Lipinski definition) is 2. The van der Waals surface area contributed by atoms with Gasteiger partial charge in [-0.2, -0.15) is 0 Å². The van der Waals surface area contributed by atoms with Crippen LogP contribution in [0.1, 0.15) is 38.3 Å². The number of rotatable bonds is 4. The lowest BCUT2D eigenvalue weighted by Crippen LogP contribution is -2.31. The van der Waals surface area contributed by atoms with E-state index >= 15 is 0 Å². The molecule has 0 spiro atoms. The fraction of sp³-hybridized carbons (Fsp3) is 0.261. The maximum absolute atomic E-state index is 12.2. The molecule has 1 aliphatic carbocycles. The highest BCUT2D eigenvalue weighted by atomic mass is 16.5. The summed E-state index contributed by atoms with van der Waals surface area (Å²) >= 11 is 0. The van der Waals surface area contributed by atoms with E-state index in [0.717, 1.165) is 28.8 Å². The predicted octanol–water partition coefficient (Wildman–Crippen LogP) is 5.49. The SMILES string of the molecule is CC1=CC(C)(c2ccccc2)CC(C)=C1NC(=O)OCc1ccccc1. The Balaban J connectivity index is 1.68. The maximum Gasteiger partial charge on any atom is 0.411 e. The number of alkyl carbamates (subject to hydrolysis) is 1. The zero-order valence-corrected chi connectivity index (χ0v) is 15.6. The predicted molar refractivity (Wildman–Crippen MR) is 105 cm³/mol. The Morgan fingerprint density at radius 1 is 1.04 bits per heavy atom. The van der Waals surface area contributed by atoms with Crippen LogP contribution in [0.4, 0.5) is 4.79 Å². The van der Waals surface area contributed by atoms with Gasteiger partial charge in [0.1, 0.15) is 6.61 Å². The molecule has 3 rings (SSSR count). The van der Waals surface area contributed by atoms with Crippen LogP contribution >= 0.6 is 0 Å². The molecule has 0 heterocycles. The number of carbonyl (C=O) groups is 1. The number of benzene rings is 2. The summed E-state index contributed by atoms with van der Waals surface area (Å²) in [6.45, 7) is 6.62. The summed E-state index contributed by atoms with van der Waals surface area (Å²) in [5.41, 5.74) is 5.29. The topological polar surface area (TPSA) is 38.3 Å². The zero-order chi connectivity index (χ0) is 18.6. The molecule has 1 unspecified atom stereocenters. The number of allylic oxidation sites excluding steroid dienone is 3. The average Bonchev–Trinajstić information content (AvgIpc) is 2.65. The van der Waals surface area contributed by atoms with Gasteiger partial charge in [-0.1, -0.05) is 73.7 Å². The van der Waals surface area contributed by atoms with Crippen LogP contribution in [0.15, 0.2) is 83.6 Å². The van der Waals surface area contributed by atoms with Crippen LogP contribution < -0.4 is 5.32 Å². The number of hydrogen-bond donors (Lipinski definition) is 1. The van der Waals surface area contributed by atoms with E-state index in [9.17, 15) is 4.79 Å². The molecule has 0 fully saturated rings. The van der Waals surface area contributed by atoms with Gasteiger partial charge in [-0.15, -0.1) is 0 Å². The minimum absolute atomic E-state index is 0.0610. The minimum atomic E-state index is -0.417. The lowest BCUT2D eigenvalue weighted by Gasteiger charge is -2.33. The molecule has 0 radical (unpaired) electrons. The van der Waals surface area contributed by atoms with Crippen LogP contribution in [0.25, 0.3) is 0 Å². The van der Waals surface area contributed by atoms with Crippen molar-refractivity contribution in [1.82, 2.24) is 5.32 Å². The van der Waals surface area contributed by atoms with Crippen LogP contribution in [-0.4, -0.2) is 6.09 Å². The minimum Gasteiger partial charge on any atom is -0.444 e. The first-order valence-corrected chi connectivity index (χ1v) is 8.91. The fourth-order valence-electron chi connectivity index (χ4n) is 3.65. The van der Waals surface area contributed by atoms with Gasteiger partial charge in [-0.25, -0.2) is 4.79 Å². The van der Waals surface area contributed by atoms with Crippen LogP contribution in [-0.2, 0) is 16.8 Å². The molecule has 26 heavy (non-hydrogen) atoms. The number of nitrogens with one attached hydrogen (secondary N) is 1. The maximum atomic E-state index is 12.2. The largest absolute Gasteiger partial charge is 0.444 e. The Bertz CT molecular complexity index is 837. The summed E-state index contributed by atoms with van der Waals surface area (Å²) < 4.78 is 5.35. The van der Waals surface area contributed by atoms with Crippen LogP contribution in [0.5, 0.6) is 0 Å². The van der Waals surface area contributed by atoms with Gasteiger partial charge in [0.15, 0.2) is 0 Å². The Hall–Kier alpha value is -2.81. The van der Waals surface area contributed by atoms with E-state index in [-0.39, 0.29) is 12.0 Å². The summed E-state index contributed by atoms with van der Waals surface area (Å²) in [5, 5.41) is 2.93. The lowest BCUT2D eigenvalue weighted by atomic mass is 9.72. The molecule has 134 valence electrons. The summed E-state index contributed by atoms with van der Waals surface area (Å²) in [7, 11) is 0. The van der Waals surface area contributed by atoms with Gasteiger partial charge < -0.3 is 4.74 Å². The molecule has 0 saturated carbocycles. The van der Waals surface area contributed by atoms with Gasteiger partial charge in [0.25, 0.3) is 0 Å². The first-order valence-electron chi connectivity index (χ1n) is 8.91. The van der Waals surface area contributed by atoms with Gasteiger partial charge in [-0.05, 0) is 42.5 Å². The van der Waals surface area contributed by atoms with Crippen LogP contribution in [0.3, 0.4) is 0 Å². The van der Waals surface area contributed by atoms with E-state index in [1.54, 1.807) is 0 Å². The monoisotopic (exact) mass is 347 g/mol. The molecular weight excluding hydrogens is 322 g/mol. The second kappa shape index (κ2) is 7.61. The fourth-order valence-corrected chi connectivity index (χ4v) is 3.65. The molecule has 1 aliphatic rings. The van der Waals surface area contributed by atoms with Crippen molar-refractivity contribution in [3.63, 3.8) is 0 Å². The van der Waals surface area contributed by atoms with Crippen molar-refractivity contribution < 1.29 is 9.53 Å². The molecule has 2 aromatic carbocycles. The molecule has 0 saturated heterocycles. The van der Waals surface area contributed by atoms with E-state index in [1.165, 1.54) is 5.56 Å². The molecule has 3 heteroatoms. The Labute approximate surface area is 155 Å². The van der Waals surface area contributed by atoms with Crippen LogP contribution in [0.2, 0.25) is 0 Å². The van der Waals surface area contributed by atoms with Gasteiger partial charge in [-0.3, -0.25) is 5.32 Å². The number of ether oxygens (including phenoxy) is 1. The molecule has 1 atom stereocenters. The Kier molecular flexibility index (Phi) is 5.27. The first kappa shape index (κ1) is 18.0. The van der Waals surface area contributed by atoms with E-state index in [2.05, 4.69) is 49.5 Å². The summed E-state index contributed by atoms with van der Waals surface area (Å²) in [6, 6.07) is 20.2. The van der Waals surface area contributed by atoms with Crippen LogP contribution in [0, 0.1) is 0 Å². The third kappa shape index (κ3) is 4.05. The quantitative estimate of drug-likeness (QED) is 0.793. The number of amides is 1. The van der Waals surface area contributed by atoms with E-state index in [1.807, 2.05) is 43.3 Å². The van der Waals surface area contributed by atoms with Gasteiger partial charge in [0.05, 0.1) is 0 Å². The summed E-state index contributed by atoms with van der Waals surface area (Å²) in [4.78, 5) is 12.2. The van der Waals surface area contributed by atoms with Crippen molar-refractivity contribution in [3.05, 3.63) is 94.7 Å². The highest BCUT2D eigenvalue weighted by Gasteiger charge is 2.30. The smallest absolute Gasteiger partial charge is 0.411 e. The summed E-state index contributed by atoms with van der Waals surface area (Å²) in [6.07, 6.45) is 2.68. The third-order valence-corrected chi connectivity index (χ3v) is 4.86. The van der Waals surface area contributed by atoms with E-state index in [4.69, 9.17) is 4.74 Å². The molecule has 3 nitrogen and oxygen atoms in total. The van der Waals surface area contributed by atoms with Gasteiger partial charge >= 0.3 is 6.09 Å². The first-order chi connectivity index (χ1) is 12.5. The van der Waals surface area contributed by atoms with Gasteiger partial charge in [0, 0.05) is 11.1 Å². The molecule has 2 aromatic rings. The highest BCUT2D eigenvalue weighted by Crippen LogP contribution is 2.39. The van der Waals surface area contributed by atoms with Crippen molar-refractivity contribution in [3.8, 4) is 0 Å².